The Morgan fingerprint density at radius 1 is 0.933 bits per heavy atom. The summed E-state index contributed by atoms with van der Waals surface area (Å²) in [5, 5.41) is 0. The minimum atomic E-state index is 0.943. The van der Waals surface area contributed by atoms with Gasteiger partial charge in [0.2, 0.25) is 0 Å². The highest BCUT2D eigenvalue weighted by Gasteiger charge is 2.52. The summed E-state index contributed by atoms with van der Waals surface area (Å²) in [6, 6.07) is 0. The highest BCUT2D eigenvalue weighted by molar-refractivity contribution is 5.01. The van der Waals surface area contributed by atoms with Crippen LogP contribution in [0, 0.1) is 41.4 Å². The number of fused-ring (bicyclic) bond motifs is 2. The molecule has 0 aromatic rings. The van der Waals surface area contributed by atoms with Crippen LogP contribution in [0.15, 0.2) is 0 Å². The van der Waals surface area contributed by atoms with Crippen molar-refractivity contribution in [3.05, 3.63) is 0 Å². The Morgan fingerprint density at radius 3 is 2.40 bits per heavy atom. The molecule has 3 saturated carbocycles. The monoisotopic (exact) mass is 206 g/mol. The van der Waals surface area contributed by atoms with Crippen molar-refractivity contribution in [1.29, 1.82) is 0 Å². The van der Waals surface area contributed by atoms with Crippen LogP contribution in [0.3, 0.4) is 0 Å². The molecule has 0 heterocycles. The molecule has 6 unspecified atom stereocenters. The average Bonchev–Trinajstić information content (AvgIpc) is 2.73. The third-order valence-electron chi connectivity index (χ3n) is 6.00. The standard InChI is InChI=1S/C15H26/c1-9(2)14-7-11-8-15-10(3)12(15)5-4-6-13(11)14/h9-15H,4-8H2,1-3H3. The third kappa shape index (κ3) is 1.56. The van der Waals surface area contributed by atoms with Crippen molar-refractivity contribution in [2.24, 2.45) is 41.4 Å². The van der Waals surface area contributed by atoms with Gasteiger partial charge in [0.15, 0.2) is 0 Å². The van der Waals surface area contributed by atoms with Gasteiger partial charge in [0, 0.05) is 0 Å². The minimum absolute atomic E-state index is 0.943. The molecule has 0 aromatic heterocycles. The molecule has 6 atom stereocenters. The lowest BCUT2D eigenvalue weighted by Gasteiger charge is -2.48. The molecule has 86 valence electrons. The summed E-state index contributed by atoms with van der Waals surface area (Å²) in [4.78, 5) is 0. The van der Waals surface area contributed by atoms with Gasteiger partial charge in [-0.3, -0.25) is 0 Å². The molecule has 3 aliphatic rings. The lowest BCUT2D eigenvalue weighted by atomic mass is 9.57. The second-order valence-electron chi connectivity index (χ2n) is 6.92. The lowest BCUT2D eigenvalue weighted by molar-refractivity contribution is 0.0109. The first-order chi connectivity index (χ1) is 7.18. The summed E-state index contributed by atoms with van der Waals surface area (Å²) >= 11 is 0. The Bertz CT molecular complexity index is 242. The molecule has 0 amide bonds. The number of hydrogen-bond donors (Lipinski definition) is 0. The van der Waals surface area contributed by atoms with Gasteiger partial charge in [-0.2, -0.15) is 0 Å². The zero-order valence-electron chi connectivity index (χ0n) is 10.6. The molecule has 0 aromatic carbocycles. The normalized spacial score (nSPS) is 53.6. The molecule has 0 heteroatoms. The fourth-order valence-corrected chi connectivity index (χ4v) is 4.78. The summed E-state index contributed by atoms with van der Waals surface area (Å²) in [5.74, 6) is 7.66. The van der Waals surface area contributed by atoms with Gasteiger partial charge in [0.1, 0.15) is 0 Å². The van der Waals surface area contributed by atoms with Crippen LogP contribution in [0.1, 0.15) is 52.9 Å². The predicted molar refractivity (Wildman–Crippen MR) is 64.5 cm³/mol. The van der Waals surface area contributed by atoms with E-state index in [2.05, 4.69) is 20.8 Å². The topological polar surface area (TPSA) is 0 Å². The maximum Gasteiger partial charge on any atom is -0.0352 e. The highest BCUT2D eigenvalue weighted by Crippen LogP contribution is 2.60. The van der Waals surface area contributed by atoms with Crippen molar-refractivity contribution in [2.45, 2.75) is 52.9 Å². The average molecular weight is 206 g/mol. The summed E-state index contributed by atoms with van der Waals surface area (Å²) in [5.41, 5.74) is 0. The maximum absolute atomic E-state index is 2.49. The largest absolute Gasteiger partial charge is 0.0625 e. The zero-order chi connectivity index (χ0) is 10.6. The second-order valence-corrected chi connectivity index (χ2v) is 6.92. The number of hydrogen-bond acceptors (Lipinski definition) is 0. The van der Waals surface area contributed by atoms with Gasteiger partial charge >= 0.3 is 0 Å². The molecule has 0 aliphatic heterocycles. The molecule has 0 nitrogen and oxygen atoms in total. The second kappa shape index (κ2) is 3.50. The molecule has 0 saturated heterocycles. The van der Waals surface area contributed by atoms with Crippen molar-refractivity contribution >= 4 is 0 Å². The predicted octanol–water partition coefficient (Wildman–Crippen LogP) is 4.35. The van der Waals surface area contributed by atoms with E-state index in [1.165, 1.54) is 6.42 Å². The lowest BCUT2D eigenvalue weighted by Crippen LogP contribution is -2.40. The van der Waals surface area contributed by atoms with Crippen LogP contribution >= 0.6 is 0 Å². The summed E-state index contributed by atoms with van der Waals surface area (Å²) in [6.07, 6.45) is 7.82. The van der Waals surface area contributed by atoms with Crippen molar-refractivity contribution < 1.29 is 0 Å². The first-order valence-electron chi connectivity index (χ1n) is 7.18. The van der Waals surface area contributed by atoms with Crippen LogP contribution in [0.2, 0.25) is 0 Å². The Kier molecular flexibility index (Phi) is 2.37. The van der Waals surface area contributed by atoms with Gasteiger partial charge < -0.3 is 0 Å². The van der Waals surface area contributed by atoms with E-state index in [1.54, 1.807) is 25.7 Å². The van der Waals surface area contributed by atoms with Crippen molar-refractivity contribution in [3.8, 4) is 0 Å². The summed E-state index contributed by atoms with van der Waals surface area (Å²) in [7, 11) is 0. The van der Waals surface area contributed by atoms with Crippen molar-refractivity contribution in [2.75, 3.05) is 0 Å². The van der Waals surface area contributed by atoms with Gasteiger partial charge in [0.05, 0.1) is 0 Å². The van der Waals surface area contributed by atoms with Gasteiger partial charge in [-0.25, -0.2) is 0 Å². The van der Waals surface area contributed by atoms with E-state index in [1.807, 2.05) is 0 Å². The Hall–Kier alpha value is 0. The minimum Gasteiger partial charge on any atom is -0.0625 e. The molecule has 3 aliphatic carbocycles. The van der Waals surface area contributed by atoms with Gasteiger partial charge in [0.25, 0.3) is 0 Å². The molecule has 0 N–H and O–H groups in total. The zero-order valence-corrected chi connectivity index (χ0v) is 10.6. The van der Waals surface area contributed by atoms with Crippen LogP contribution in [-0.2, 0) is 0 Å². The van der Waals surface area contributed by atoms with E-state index in [0.717, 1.165) is 41.4 Å². The quantitative estimate of drug-likeness (QED) is 0.598. The molecular formula is C15H26. The molecule has 15 heavy (non-hydrogen) atoms. The van der Waals surface area contributed by atoms with E-state index >= 15 is 0 Å². The molecular weight excluding hydrogens is 180 g/mol. The Balaban J connectivity index is 1.64. The molecule has 0 bridgehead atoms. The molecule has 3 rings (SSSR count). The third-order valence-corrected chi connectivity index (χ3v) is 6.00. The highest BCUT2D eigenvalue weighted by atomic mass is 14.6. The van der Waals surface area contributed by atoms with Crippen molar-refractivity contribution in [1.82, 2.24) is 0 Å². The van der Waals surface area contributed by atoms with Crippen LogP contribution in [0.25, 0.3) is 0 Å². The van der Waals surface area contributed by atoms with Gasteiger partial charge in [-0.15, -0.1) is 0 Å². The van der Waals surface area contributed by atoms with Gasteiger partial charge in [-0.05, 0) is 67.1 Å². The van der Waals surface area contributed by atoms with Crippen LogP contribution in [-0.4, -0.2) is 0 Å². The SMILES string of the molecule is CC(C)C1CC2CC3C(C)C3CCCC21. The fourth-order valence-electron chi connectivity index (χ4n) is 4.78. The fraction of sp³-hybridized carbons (Fsp3) is 1.00. The molecule has 3 fully saturated rings. The van der Waals surface area contributed by atoms with E-state index in [0.29, 0.717) is 0 Å². The number of rotatable bonds is 1. The van der Waals surface area contributed by atoms with Gasteiger partial charge in [-0.1, -0.05) is 27.2 Å². The van der Waals surface area contributed by atoms with Crippen LogP contribution in [0.5, 0.6) is 0 Å². The van der Waals surface area contributed by atoms with E-state index < -0.39 is 0 Å². The molecule has 0 radical (unpaired) electrons. The maximum atomic E-state index is 2.49. The molecule has 0 spiro atoms. The summed E-state index contributed by atoms with van der Waals surface area (Å²) < 4.78 is 0. The van der Waals surface area contributed by atoms with E-state index in [-0.39, 0.29) is 0 Å². The Labute approximate surface area is 94.8 Å². The van der Waals surface area contributed by atoms with Crippen LogP contribution in [0.4, 0.5) is 0 Å². The first kappa shape index (κ1) is 10.2. The Morgan fingerprint density at radius 2 is 1.67 bits per heavy atom. The van der Waals surface area contributed by atoms with E-state index in [4.69, 9.17) is 0 Å². The van der Waals surface area contributed by atoms with E-state index in [9.17, 15) is 0 Å². The first-order valence-corrected chi connectivity index (χ1v) is 7.18. The smallest absolute Gasteiger partial charge is 0.0352 e. The van der Waals surface area contributed by atoms with Crippen LogP contribution < -0.4 is 0 Å². The summed E-state index contributed by atoms with van der Waals surface area (Å²) in [6.45, 7) is 7.36. The van der Waals surface area contributed by atoms with Crippen molar-refractivity contribution in [3.63, 3.8) is 0 Å².